The van der Waals surface area contributed by atoms with Crippen LogP contribution < -0.4 is 5.32 Å². The summed E-state index contributed by atoms with van der Waals surface area (Å²) in [6.07, 6.45) is 9.47. The summed E-state index contributed by atoms with van der Waals surface area (Å²) >= 11 is 12.6. The number of hydrogen-bond acceptors (Lipinski definition) is 1. The molecule has 1 atom stereocenters. The second-order valence-electron chi connectivity index (χ2n) is 5.85. The number of nitrogens with one attached hydrogen (secondary N) is 1. The largest absolute Gasteiger partial charge is 0.310 e. The molecule has 1 aromatic carbocycles. The van der Waals surface area contributed by atoms with Crippen molar-refractivity contribution >= 4 is 23.2 Å². The van der Waals surface area contributed by atoms with Gasteiger partial charge in [0.05, 0.1) is 10.0 Å². The van der Waals surface area contributed by atoms with Crippen LogP contribution in [0.5, 0.6) is 0 Å². The fraction of sp³-hybridized carbons (Fsp3) is 0.647. The molecule has 1 saturated carbocycles. The highest BCUT2D eigenvalue weighted by atomic mass is 35.5. The van der Waals surface area contributed by atoms with E-state index in [1.807, 2.05) is 12.1 Å². The molecule has 1 fully saturated rings. The minimum Gasteiger partial charge on any atom is -0.310 e. The molecule has 0 saturated heterocycles. The van der Waals surface area contributed by atoms with Gasteiger partial charge >= 0.3 is 0 Å². The smallest absolute Gasteiger partial charge is 0.0640 e. The first-order valence-corrected chi connectivity index (χ1v) is 8.65. The third kappa shape index (κ3) is 4.38. The van der Waals surface area contributed by atoms with Gasteiger partial charge in [0.2, 0.25) is 0 Å². The van der Waals surface area contributed by atoms with Gasteiger partial charge in [-0.15, -0.1) is 0 Å². The Morgan fingerprint density at radius 3 is 2.50 bits per heavy atom. The lowest BCUT2D eigenvalue weighted by Crippen LogP contribution is -2.24. The van der Waals surface area contributed by atoms with Crippen molar-refractivity contribution in [3.05, 3.63) is 33.8 Å². The summed E-state index contributed by atoms with van der Waals surface area (Å²) in [5.41, 5.74) is 1.16. The predicted molar refractivity (Wildman–Crippen MR) is 88.7 cm³/mol. The second kappa shape index (κ2) is 8.26. The number of rotatable bonds is 5. The van der Waals surface area contributed by atoms with Gasteiger partial charge in [-0.25, -0.2) is 0 Å². The van der Waals surface area contributed by atoms with Crippen LogP contribution in [0.2, 0.25) is 10.0 Å². The summed E-state index contributed by atoms with van der Waals surface area (Å²) in [5.74, 6) is 0.816. The summed E-state index contributed by atoms with van der Waals surface area (Å²) in [6.45, 7) is 3.11. The maximum Gasteiger partial charge on any atom is 0.0640 e. The molecule has 1 N–H and O–H groups in total. The van der Waals surface area contributed by atoms with Gasteiger partial charge in [-0.3, -0.25) is 0 Å². The molecule has 0 heterocycles. The Hall–Kier alpha value is -0.240. The van der Waals surface area contributed by atoms with Crippen molar-refractivity contribution in [2.24, 2.45) is 5.92 Å². The molecular weight excluding hydrogens is 289 g/mol. The summed E-state index contributed by atoms with van der Waals surface area (Å²) < 4.78 is 0. The molecular formula is C17H25Cl2N. The zero-order chi connectivity index (χ0) is 14.4. The molecule has 2 rings (SSSR count). The quantitative estimate of drug-likeness (QED) is 0.657. The molecule has 0 aliphatic heterocycles. The van der Waals surface area contributed by atoms with Crippen LogP contribution in [0, 0.1) is 5.92 Å². The summed E-state index contributed by atoms with van der Waals surface area (Å²) in [5, 5.41) is 4.97. The zero-order valence-corrected chi connectivity index (χ0v) is 13.8. The molecule has 0 amide bonds. The van der Waals surface area contributed by atoms with Crippen molar-refractivity contribution in [1.82, 2.24) is 5.32 Å². The van der Waals surface area contributed by atoms with E-state index in [1.54, 1.807) is 0 Å². The SMILES string of the molecule is CCNC(CC1CCCCCC1)c1cccc(Cl)c1Cl. The van der Waals surface area contributed by atoms with Crippen LogP contribution in [0.3, 0.4) is 0 Å². The van der Waals surface area contributed by atoms with E-state index in [4.69, 9.17) is 23.2 Å². The Labute approximate surface area is 133 Å². The van der Waals surface area contributed by atoms with Crippen molar-refractivity contribution < 1.29 is 0 Å². The minimum atomic E-state index is 0.328. The van der Waals surface area contributed by atoms with Crippen LogP contribution in [0.15, 0.2) is 18.2 Å². The fourth-order valence-electron chi connectivity index (χ4n) is 3.29. The predicted octanol–water partition coefficient (Wildman–Crippen LogP) is 6.00. The van der Waals surface area contributed by atoms with Gasteiger partial charge in [0.25, 0.3) is 0 Å². The fourth-order valence-corrected chi connectivity index (χ4v) is 3.73. The van der Waals surface area contributed by atoms with E-state index in [-0.39, 0.29) is 0 Å². The Kier molecular flexibility index (Phi) is 6.67. The molecule has 20 heavy (non-hydrogen) atoms. The van der Waals surface area contributed by atoms with E-state index < -0.39 is 0 Å². The Morgan fingerprint density at radius 2 is 1.85 bits per heavy atom. The maximum absolute atomic E-state index is 6.40. The van der Waals surface area contributed by atoms with E-state index in [0.717, 1.165) is 18.0 Å². The molecule has 0 radical (unpaired) electrons. The Bertz CT molecular complexity index is 411. The van der Waals surface area contributed by atoms with Gasteiger partial charge < -0.3 is 5.32 Å². The van der Waals surface area contributed by atoms with Crippen LogP contribution in [0.4, 0.5) is 0 Å². The van der Waals surface area contributed by atoms with Crippen molar-refractivity contribution in [3.63, 3.8) is 0 Å². The molecule has 1 aliphatic carbocycles. The minimum absolute atomic E-state index is 0.328. The molecule has 3 heteroatoms. The van der Waals surface area contributed by atoms with E-state index >= 15 is 0 Å². The second-order valence-corrected chi connectivity index (χ2v) is 6.63. The highest BCUT2D eigenvalue weighted by molar-refractivity contribution is 6.42. The first-order valence-electron chi connectivity index (χ1n) is 7.89. The molecule has 1 unspecified atom stereocenters. The van der Waals surface area contributed by atoms with Gasteiger partial charge in [0, 0.05) is 6.04 Å². The molecule has 1 nitrogen and oxygen atoms in total. The highest BCUT2D eigenvalue weighted by Crippen LogP contribution is 2.36. The van der Waals surface area contributed by atoms with E-state index in [1.165, 1.54) is 44.9 Å². The molecule has 0 spiro atoms. The third-order valence-corrected chi connectivity index (χ3v) is 5.18. The normalized spacial score (nSPS) is 18.8. The summed E-state index contributed by atoms with van der Waals surface area (Å²) in [6, 6.07) is 6.30. The Morgan fingerprint density at radius 1 is 1.15 bits per heavy atom. The summed E-state index contributed by atoms with van der Waals surface area (Å²) in [7, 11) is 0. The van der Waals surface area contributed by atoms with Crippen LogP contribution in [0.1, 0.15) is 63.5 Å². The van der Waals surface area contributed by atoms with E-state index in [0.29, 0.717) is 16.1 Å². The topological polar surface area (TPSA) is 12.0 Å². The van der Waals surface area contributed by atoms with Crippen molar-refractivity contribution in [1.29, 1.82) is 0 Å². The average Bonchev–Trinajstić information content (AvgIpc) is 2.70. The van der Waals surface area contributed by atoms with Crippen molar-refractivity contribution in [3.8, 4) is 0 Å². The molecule has 0 aromatic heterocycles. The first-order chi connectivity index (χ1) is 9.72. The molecule has 1 aliphatic rings. The van der Waals surface area contributed by atoms with Crippen molar-refractivity contribution in [2.45, 2.75) is 57.9 Å². The van der Waals surface area contributed by atoms with Crippen LogP contribution in [0.25, 0.3) is 0 Å². The number of hydrogen-bond donors (Lipinski definition) is 1. The zero-order valence-electron chi connectivity index (χ0n) is 12.3. The maximum atomic E-state index is 6.40. The van der Waals surface area contributed by atoms with Gasteiger partial charge in [-0.2, -0.15) is 0 Å². The van der Waals surface area contributed by atoms with Crippen molar-refractivity contribution in [2.75, 3.05) is 6.54 Å². The lowest BCUT2D eigenvalue weighted by Gasteiger charge is -2.25. The van der Waals surface area contributed by atoms with Crippen LogP contribution in [-0.4, -0.2) is 6.54 Å². The summed E-state index contributed by atoms with van der Waals surface area (Å²) in [4.78, 5) is 0. The van der Waals surface area contributed by atoms with E-state index in [2.05, 4.69) is 18.3 Å². The number of halogens is 2. The first kappa shape index (κ1) is 16.1. The highest BCUT2D eigenvalue weighted by Gasteiger charge is 2.21. The lowest BCUT2D eigenvalue weighted by atomic mass is 9.89. The Balaban J connectivity index is 2.11. The van der Waals surface area contributed by atoms with E-state index in [9.17, 15) is 0 Å². The standard InChI is InChI=1S/C17H25Cl2N/c1-2-20-16(12-13-8-5-3-4-6-9-13)14-10-7-11-15(18)17(14)19/h7,10-11,13,16,20H,2-6,8-9,12H2,1H3. The van der Waals surface area contributed by atoms with Crippen LogP contribution in [-0.2, 0) is 0 Å². The number of benzene rings is 1. The average molecular weight is 314 g/mol. The van der Waals surface area contributed by atoms with Gasteiger partial charge in [0.1, 0.15) is 0 Å². The van der Waals surface area contributed by atoms with Gasteiger partial charge in [0.15, 0.2) is 0 Å². The van der Waals surface area contributed by atoms with Gasteiger partial charge in [-0.1, -0.05) is 80.8 Å². The molecule has 0 bridgehead atoms. The molecule has 1 aromatic rings. The third-order valence-electron chi connectivity index (χ3n) is 4.35. The monoisotopic (exact) mass is 313 g/mol. The lowest BCUT2D eigenvalue weighted by molar-refractivity contribution is 0.360. The van der Waals surface area contributed by atoms with Crippen LogP contribution >= 0.6 is 23.2 Å². The van der Waals surface area contributed by atoms with Gasteiger partial charge in [-0.05, 0) is 30.5 Å². The molecule has 112 valence electrons.